The van der Waals surface area contributed by atoms with E-state index in [0.717, 1.165) is 0 Å². The highest BCUT2D eigenvalue weighted by Crippen LogP contribution is 2.14. The summed E-state index contributed by atoms with van der Waals surface area (Å²) < 4.78 is 0. The van der Waals surface area contributed by atoms with E-state index in [9.17, 15) is 4.79 Å². The minimum atomic E-state index is -0.183. The Morgan fingerprint density at radius 3 is 2.21 bits per heavy atom. The maximum absolute atomic E-state index is 11.1. The Hall–Kier alpha value is -3.55. The topological polar surface area (TPSA) is 131 Å². The Morgan fingerprint density at radius 1 is 0.958 bits per heavy atom. The summed E-state index contributed by atoms with van der Waals surface area (Å²) in [5.74, 6) is -0.0974. The molecule has 5 N–H and O–H groups in total. The van der Waals surface area contributed by atoms with Gasteiger partial charge in [-0.15, -0.1) is 20.4 Å². The number of azo groups is 1. The first-order chi connectivity index (χ1) is 11.5. The van der Waals surface area contributed by atoms with E-state index in [-0.39, 0.29) is 17.7 Å². The van der Waals surface area contributed by atoms with Gasteiger partial charge >= 0.3 is 0 Å². The number of hydrogen-bond donors (Lipinski definition) is 3. The van der Waals surface area contributed by atoms with E-state index in [0.29, 0.717) is 16.9 Å². The average molecular weight is 323 g/mol. The van der Waals surface area contributed by atoms with E-state index in [1.165, 1.54) is 6.92 Å². The van der Waals surface area contributed by atoms with Crippen LogP contribution in [0.15, 0.2) is 75.0 Å². The van der Waals surface area contributed by atoms with Gasteiger partial charge in [0.2, 0.25) is 17.7 Å². The van der Waals surface area contributed by atoms with Crippen LogP contribution in [0.1, 0.15) is 12.5 Å². The number of benzene rings is 2. The molecule has 0 atom stereocenters. The van der Waals surface area contributed by atoms with Crippen LogP contribution < -0.4 is 16.8 Å². The van der Waals surface area contributed by atoms with Crippen LogP contribution in [0, 0.1) is 0 Å². The Labute approximate surface area is 139 Å². The molecule has 0 aliphatic rings. The van der Waals surface area contributed by atoms with Gasteiger partial charge in [-0.05, 0) is 36.4 Å². The number of anilines is 1. The highest BCUT2D eigenvalue weighted by Gasteiger charge is 2.04. The van der Waals surface area contributed by atoms with Crippen molar-refractivity contribution >= 4 is 29.1 Å². The van der Waals surface area contributed by atoms with Crippen LogP contribution in [-0.4, -0.2) is 17.7 Å². The molecule has 0 saturated heterocycles. The fourth-order valence-electron chi connectivity index (χ4n) is 1.75. The lowest BCUT2D eigenvalue weighted by atomic mass is 10.2. The highest BCUT2D eigenvalue weighted by molar-refractivity contribution is 6.00. The van der Waals surface area contributed by atoms with E-state index in [1.807, 2.05) is 30.3 Å². The molecular weight excluding hydrogens is 306 g/mol. The number of nitrogens with two attached hydrogens (primary N) is 2. The van der Waals surface area contributed by atoms with E-state index in [4.69, 9.17) is 11.5 Å². The van der Waals surface area contributed by atoms with Gasteiger partial charge in [-0.1, -0.05) is 18.2 Å². The number of carbonyl (C=O) groups excluding carboxylic acids is 1. The zero-order valence-electron chi connectivity index (χ0n) is 13.0. The molecule has 0 saturated carbocycles. The van der Waals surface area contributed by atoms with Crippen LogP contribution in [0.4, 0.5) is 11.4 Å². The third-order valence-corrected chi connectivity index (χ3v) is 2.74. The van der Waals surface area contributed by atoms with Gasteiger partial charge in [0.15, 0.2) is 0 Å². The van der Waals surface area contributed by atoms with Gasteiger partial charge in [-0.2, -0.15) is 0 Å². The molecule has 0 unspecified atom stereocenters. The fourth-order valence-corrected chi connectivity index (χ4v) is 1.75. The molecule has 0 spiro atoms. The molecule has 8 nitrogen and oxygen atoms in total. The van der Waals surface area contributed by atoms with Crippen LogP contribution in [0.2, 0.25) is 0 Å². The number of nitrogens with zero attached hydrogens (tertiary/aromatic N) is 4. The first kappa shape index (κ1) is 16.8. The SMILES string of the molecule is CC(=O)Nc1ccc(/C(N=Nc2ccccc2)=N/N=C(N)N)cc1. The molecule has 0 radical (unpaired) electrons. The van der Waals surface area contributed by atoms with Crippen molar-refractivity contribution in [1.82, 2.24) is 0 Å². The summed E-state index contributed by atoms with van der Waals surface area (Å²) in [7, 11) is 0. The van der Waals surface area contributed by atoms with Crippen molar-refractivity contribution in [2.75, 3.05) is 5.32 Å². The number of rotatable bonds is 4. The highest BCUT2D eigenvalue weighted by atomic mass is 16.1. The van der Waals surface area contributed by atoms with Crippen molar-refractivity contribution in [3.8, 4) is 0 Å². The Balaban J connectivity index is 2.29. The second-order valence-corrected chi connectivity index (χ2v) is 4.74. The van der Waals surface area contributed by atoms with Gasteiger partial charge in [-0.25, -0.2) is 0 Å². The molecule has 8 heteroatoms. The average Bonchev–Trinajstić information content (AvgIpc) is 2.56. The van der Waals surface area contributed by atoms with E-state index < -0.39 is 0 Å². The number of amidine groups is 1. The molecule has 0 aliphatic carbocycles. The van der Waals surface area contributed by atoms with Crippen LogP contribution >= 0.6 is 0 Å². The quantitative estimate of drug-likeness (QED) is 0.345. The molecule has 122 valence electrons. The molecule has 0 aliphatic heterocycles. The predicted molar refractivity (Wildman–Crippen MR) is 94.1 cm³/mol. The Bertz CT molecular complexity index is 776. The molecule has 2 aromatic carbocycles. The molecule has 24 heavy (non-hydrogen) atoms. The van der Waals surface area contributed by atoms with E-state index in [2.05, 4.69) is 25.7 Å². The van der Waals surface area contributed by atoms with Gasteiger partial charge in [-0.3, -0.25) is 4.79 Å². The lowest BCUT2D eigenvalue weighted by Gasteiger charge is -2.03. The minimum absolute atomic E-state index is 0.152. The van der Waals surface area contributed by atoms with E-state index >= 15 is 0 Å². The molecule has 1 amide bonds. The second-order valence-electron chi connectivity index (χ2n) is 4.74. The first-order valence-corrected chi connectivity index (χ1v) is 7.06. The second kappa shape index (κ2) is 8.18. The van der Waals surface area contributed by atoms with Crippen molar-refractivity contribution in [2.24, 2.45) is 31.9 Å². The van der Waals surface area contributed by atoms with Crippen molar-refractivity contribution < 1.29 is 4.79 Å². The first-order valence-electron chi connectivity index (χ1n) is 7.06. The lowest BCUT2D eigenvalue weighted by Crippen LogP contribution is -2.22. The summed E-state index contributed by atoms with van der Waals surface area (Å²) in [6, 6.07) is 16.1. The summed E-state index contributed by atoms with van der Waals surface area (Å²) in [5.41, 5.74) is 12.6. The Kier molecular flexibility index (Phi) is 5.73. The van der Waals surface area contributed by atoms with Crippen LogP contribution in [0.3, 0.4) is 0 Å². The summed E-state index contributed by atoms with van der Waals surface area (Å²) in [4.78, 5) is 11.1. The molecule has 2 aromatic rings. The normalized spacial score (nSPS) is 11.3. The molecular formula is C16H17N7O. The predicted octanol–water partition coefficient (Wildman–Crippen LogP) is 2.36. The largest absolute Gasteiger partial charge is 0.369 e. The molecule has 0 aromatic heterocycles. The van der Waals surface area contributed by atoms with Crippen molar-refractivity contribution in [3.05, 3.63) is 60.2 Å². The minimum Gasteiger partial charge on any atom is -0.369 e. The van der Waals surface area contributed by atoms with Crippen molar-refractivity contribution in [1.29, 1.82) is 0 Å². The Morgan fingerprint density at radius 2 is 1.62 bits per heavy atom. The standard InChI is InChI=1S/C16H17N7O/c1-11(24)19-13-9-7-12(8-10-13)15(22-23-16(17)18)21-20-14-5-3-2-4-6-14/h2-10H,1H3,(H,19,24)(H4,17,18,23)/b21-20?,22-15-. The zero-order chi connectivity index (χ0) is 17.4. The third kappa shape index (κ3) is 5.34. The smallest absolute Gasteiger partial charge is 0.221 e. The van der Waals surface area contributed by atoms with Gasteiger partial charge in [0.1, 0.15) is 0 Å². The summed E-state index contributed by atoms with van der Waals surface area (Å²) in [6.07, 6.45) is 0. The number of amides is 1. The van der Waals surface area contributed by atoms with E-state index in [1.54, 1.807) is 24.3 Å². The van der Waals surface area contributed by atoms with Gasteiger partial charge in [0.05, 0.1) is 5.69 Å². The van der Waals surface area contributed by atoms with Crippen molar-refractivity contribution in [2.45, 2.75) is 6.92 Å². The number of guanidine groups is 1. The number of carbonyl (C=O) groups is 1. The maximum atomic E-state index is 11.1. The number of nitrogens with one attached hydrogen (secondary N) is 1. The van der Waals surface area contributed by atoms with Crippen LogP contribution in [0.5, 0.6) is 0 Å². The summed E-state index contributed by atoms with van der Waals surface area (Å²) in [5, 5.41) is 18.4. The fraction of sp³-hybridized carbons (Fsp3) is 0.0625. The van der Waals surface area contributed by atoms with Gasteiger partial charge in [0, 0.05) is 18.2 Å². The lowest BCUT2D eigenvalue weighted by molar-refractivity contribution is -0.114. The van der Waals surface area contributed by atoms with Crippen LogP contribution in [0.25, 0.3) is 0 Å². The molecule has 0 heterocycles. The monoisotopic (exact) mass is 323 g/mol. The van der Waals surface area contributed by atoms with Crippen LogP contribution in [-0.2, 0) is 4.79 Å². The summed E-state index contributed by atoms with van der Waals surface area (Å²) >= 11 is 0. The zero-order valence-corrected chi connectivity index (χ0v) is 13.0. The van der Waals surface area contributed by atoms with Crippen molar-refractivity contribution in [3.63, 3.8) is 0 Å². The number of hydrogen-bond acceptors (Lipinski definition) is 4. The third-order valence-electron chi connectivity index (χ3n) is 2.74. The molecule has 2 rings (SSSR count). The molecule has 0 fully saturated rings. The molecule has 0 bridgehead atoms. The summed E-state index contributed by atoms with van der Waals surface area (Å²) in [6.45, 7) is 1.44. The van der Waals surface area contributed by atoms with Gasteiger partial charge in [0.25, 0.3) is 0 Å². The maximum Gasteiger partial charge on any atom is 0.221 e. The van der Waals surface area contributed by atoms with Gasteiger partial charge < -0.3 is 16.8 Å².